The minimum Gasteiger partial charge on any atom is -0.338 e. The number of hydrogen-bond acceptors (Lipinski definition) is 4. The van der Waals surface area contributed by atoms with Crippen LogP contribution in [0.4, 0.5) is 10.6 Å². The molecule has 0 bridgehead atoms. The third kappa shape index (κ3) is 4.15. The third-order valence-corrected chi connectivity index (χ3v) is 5.73. The molecule has 28 heavy (non-hydrogen) atoms. The zero-order chi connectivity index (χ0) is 19.5. The zero-order valence-corrected chi connectivity index (χ0v) is 16.8. The molecule has 1 aromatic heterocycles. The minimum atomic E-state index is -0.220. The van der Waals surface area contributed by atoms with Gasteiger partial charge in [-0.1, -0.05) is 18.2 Å². The Morgan fingerprint density at radius 2 is 2.04 bits per heavy atom. The van der Waals surface area contributed by atoms with Gasteiger partial charge in [0.1, 0.15) is 0 Å². The lowest BCUT2D eigenvalue weighted by Crippen LogP contribution is -2.34. The van der Waals surface area contributed by atoms with E-state index < -0.39 is 0 Å². The van der Waals surface area contributed by atoms with Gasteiger partial charge in [-0.25, -0.2) is 4.79 Å². The van der Waals surface area contributed by atoms with Gasteiger partial charge in [0.15, 0.2) is 5.82 Å². The predicted molar refractivity (Wildman–Crippen MR) is 116 cm³/mol. The van der Waals surface area contributed by atoms with Crippen LogP contribution in [0, 0.1) is 0 Å². The monoisotopic (exact) mass is 395 g/mol. The van der Waals surface area contributed by atoms with E-state index >= 15 is 0 Å². The predicted octanol–water partition coefficient (Wildman–Crippen LogP) is 4.12. The topological polar surface area (TPSA) is 73.1 Å². The van der Waals surface area contributed by atoms with Crippen LogP contribution in [0.1, 0.15) is 19.3 Å². The van der Waals surface area contributed by atoms with Crippen molar-refractivity contribution in [3.8, 4) is 11.1 Å². The fourth-order valence-corrected chi connectivity index (χ4v) is 3.95. The zero-order valence-electron chi connectivity index (χ0n) is 15.9. The Morgan fingerprint density at radius 1 is 1.25 bits per heavy atom. The maximum Gasteiger partial charge on any atom is 0.320 e. The summed E-state index contributed by atoms with van der Waals surface area (Å²) in [4.78, 5) is 15.5. The number of fused-ring (bicyclic) bond motifs is 1. The van der Waals surface area contributed by atoms with Crippen molar-refractivity contribution >= 4 is 35.4 Å². The molecule has 146 valence electrons. The van der Waals surface area contributed by atoms with Crippen LogP contribution in [-0.4, -0.2) is 47.3 Å². The number of anilines is 1. The fourth-order valence-electron chi connectivity index (χ4n) is 3.80. The van der Waals surface area contributed by atoms with Crippen molar-refractivity contribution in [2.45, 2.75) is 30.2 Å². The van der Waals surface area contributed by atoms with E-state index in [2.05, 4.69) is 45.4 Å². The number of nitrogens with one attached hydrogen (secondary N) is 3. The number of nitrogens with zero attached hydrogens (tertiary/aromatic N) is 2. The molecule has 2 aromatic carbocycles. The lowest BCUT2D eigenvalue weighted by atomic mass is 10.0. The number of carbonyl (C=O) groups is 1. The lowest BCUT2D eigenvalue weighted by molar-refractivity contribution is 0.248. The number of thiol groups is 1. The average molecular weight is 396 g/mol. The highest BCUT2D eigenvalue weighted by molar-refractivity contribution is 7.80. The summed E-state index contributed by atoms with van der Waals surface area (Å²) in [6.45, 7) is 1.81. The molecular weight excluding hydrogens is 370 g/mol. The number of benzene rings is 2. The van der Waals surface area contributed by atoms with Crippen LogP contribution in [-0.2, 0) is 0 Å². The first-order valence-electron chi connectivity index (χ1n) is 9.63. The van der Waals surface area contributed by atoms with E-state index in [1.807, 2.05) is 42.5 Å². The highest BCUT2D eigenvalue weighted by Gasteiger charge is 2.20. The van der Waals surface area contributed by atoms with E-state index in [-0.39, 0.29) is 6.03 Å². The van der Waals surface area contributed by atoms with Crippen LogP contribution in [0.3, 0.4) is 0 Å². The second kappa shape index (κ2) is 8.24. The van der Waals surface area contributed by atoms with E-state index in [9.17, 15) is 4.79 Å². The molecule has 4 rings (SSSR count). The second-order valence-corrected chi connectivity index (χ2v) is 7.84. The van der Waals surface area contributed by atoms with Gasteiger partial charge in [0.25, 0.3) is 0 Å². The van der Waals surface area contributed by atoms with Crippen LogP contribution in [0.25, 0.3) is 22.0 Å². The van der Waals surface area contributed by atoms with E-state index in [1.54, 1.807) is 0 Å². The number of H-pyrrole nitrogens is 1. The molecule has 0 radical (unpaired) electrons. The number of amides is 2. The maximum absolute atomic E-state index is 12.2. The molecule has 1 unspecified atom stereocenters. The molecule has 0 aliphatic carbocycles. The summed E-state index contributed by atoms with van der Waals surface area (Å²) in [6, 6.07) is 14.4. The minimum absolute atomic E-state index is 0.220. The molecule has 2 amide bonds. The first-order valence-corrected chi connectivity index (χ1v) is 10.1. The number of hydrogen-bond donors (Lipinski definition) is 4. The van der Waals surface area contributed by atoms with Crippen LogP contribution in [0.5, 0.6) is 0 Å². The van der Waals surface area contributed by atoms with Crippen molar-refractivity contribution in [1.29, 1.82) is 0 Å². The second-order valence-electron chi connectivity index (χ2n) is 7.33. The molecule has 7 heteroatoms. The van der Waals surface area contributed by atoms with Gasteiger partial charge in [0.2, 0.25) is 0 Å². The highest BCUT2D eigenvalue weighted by atomic mass is 32.1. The fraction of sp³-hybridized carbons (Fsp3) is 0.333. The van der Waals surface area contributed by atoms with E-state index in [0.717, 1.165) is 39.9 Å². The number of carbonyl (C=O) groups excluding carboxylic acids is 1. The quantitative estimate of drug-likeness (QED) is 0.491. The van der Waals surface area contributed by atoms with E-state index in [0.29, 0.717) is 18.4 Å². The van der Waals surface area contributed by atoms with Crippen molar-refractivity contribution in [3.05, 3.63) is 42.5 Å². The summed E-state index contributed by atoms with van der Waals surface area (Å²) in [5.74, 6) is 0.544. The summed E-state index contributed by atoms with van der Waals surface area (Å²) < 4.78 is 0. The van der Waals surface area contributed by atoms with Crippen LogP contribution < -0.4 is 10.6 Å². The summed E-state index contributed by atoms with van der Waals surface area (Å²) in [6.07, 6.45) is 3.43. The Hall–Kier alpha value is -2.51. The Kier molecular flexibility index (Phi) is 5.54. The van der Waals surface area contributed by atoms with Gasteiger partial charge in [-0.15, -0.1) is 12.6 Å². The van der Waals surface area contributed by atoms with Crippen LogP contribution >= 0.6 is 12.6 Å². The standard InChI is InChI=1S/C21H25N5OS/c1-26-12-2-3-16(26)10-11-22-21(27)23-20-18-9-6-15(13-19(18)24-25-20)14-4-7-17(28)8-5-14/h4-9,13,16,28H,2-3,10-12H2,1H3,(H3,22,23,24,25,27). The molecule has 2 heterocycles. The Labute approximate surface area is 170 Å². The Morgan fingerprint density at radius 3 is 2.79 bits per heavy atom. The number of rotatable bonds is 5. The molecule has 1 aliphatic rings. The molecule has 1 fully saturated rings. The van der Waals surface area contributed by atoms with Crippen LogP contribution in [0.2, 0.25) is 0 Å². The van der Waals surface area contributed by atoms with Gasteiger partial charge >= 0.3 is 6.03 Å². The average Bonchev–Trinajstić information content (AvgIpc) is 3.28. The first kappa shape index (κ1) is 18.8. The molecule has 3 N–H and O–H groups in total. The third-order valence-electron chi connectivity index (χ3n) is 5.43. The number of likely N-dealkylation sites (tertiary alicyclic amines) is 1. The highest BCUT2D eigenvalue weighted by Crippen LogP contribution is 2.27. The molecule has 1 atom stereocenters. The number of aromatic amines is 1. The number of aromatic nitrogens is 2. The largest absolute Gasteiger partial charge is 0.338 e. The van der Waals surface area contributed by atoms with Crippen molar-refractivity contribution in [2.24, 2.45) is 0 Å². The number of urea groups is 1. The molecule has 3 aromatic rings. The summed E-state index contributed by atoms with van der Waals surface area (Å²) in [5, 5.41) is 14.0. The van der Waals surface area contributed by atoms with Crippen molar-refractivity contribution < 1.29 is 4.79 Å². The molecular formula is C21H25N5OS. The van der Waals surface area contributed by atoms with Gasteiger partial charge in [-0.05, 0) is 68.2 Å². The van der Waals surface area contributed by atoms with Gasteiger partial charge in [-0.2, -0.15) is 5.10 Å². The molecule has 0 spiro atoms. The molecule has 6 nitrogen and oxygen atoms in total. The lowest BCUT2D eigenvalue weighted by Gasteiger charge is -2.19. The Balaban J connectivity index is 1.38. The van der Waals surface area contributed by atoms with Gasteiger partial charge < -0.3 is 10.2 Å². The normalized spacial score (nSPS) is 17.1. The molecule has 1 saturated heterocycles. The molecule has 0 saturated carbocycles. The van der Waals surface area contributed by atoms with Crippen LogP contribution in [0.15, 0.2) is 47.4 Å². The van der Waals surface area contributed by atoms with Crippen molar-refractivity contribution in [3.63, 3.8) is 0 Å². The summed E-state index contributed by atoms with van der Waals surface area (Å²) in [5.41, 5.74) is 3.08. The van der Waals surface area contributed by atoms with Crippen molar-refractivity contribution in [1.82, 2.24) is 20.4 Å². The van der Waals surface area contributed by atoms with Gasteiger partial charge in [-0.3, -0.25) is 10.4 Å². The summed E-state index contributed by atoms with van der Waals surface area (Å²) >= 11 is 4.33. The smallest absolute Gasteiger partial charge is 0.320 e. The van der Waals surface area contributed by atoms with E-state index in [4.69, 9.17) is 0 Å². The van der Waals surface area contributed by atoms with Gasteiger partial charge in [0, 0.05) is 22.9 Å². The SMILES string of the molecule is CN1CCCC1CCNC(=O)Nc1n[nH]c2cc(-c3ccc(S)cc3)ccc12. The first-order chi connectivity index (χ1) is 13.6. The van der Waals surface area contributed by atoms with E-state index in [1.165, 1.54) is 12.8 Å². The maximum atomic E-state index is 12.2. The Bertz CT molecular complexity index is 969. The molecule has 1 aliphatic heterocycles. The van der Waals surface area contributed by atoms with Crippen molar-refractivity contribution in [2.75, 3.05) is 25.5 Å². The summed E-state index contributed by atoms with van der Waals surface area (Å²) in [7, 11) is 2.15. The van der Waals surface area contributed by atoms with Gasteiger partial charge in [0.05, 0.1) is 5.52 Å².